The minimum absolute atomic E-state index is 0.602. The van der Waals surface area contributed by atoms with E-state index in [2.05, 4.69) is 75.6 Å². The highest BCUT2D eigenvalue weighted by Gasteiger charge is 2.32. The lowest BCUT2D eigenvalue weighted by atomic mass is 9.87. The average Bonchev–Trinajstić information content (AvgIpc) is 3.03. The first kappa shape index (κ1) is 18.4. The van der Waals surface area contributed by atoms with Crippen molar-refractivity contribution in [2.45, 2.75) is 54.4 Å². The molecule has 0 aromatic heterocycles. The van der Waals surface area contributed by atoms with Gasteiger partial charge in [0.25, 0.3) is 0 Å². The Morgan fingerprint density at radius 1 is 0.760 bits per heavy atom. The van der Waals surface area contributed by atoms with E-state index in [0.717, 1.165) is 19.8 Å². The highest BCUT2D eigenvalue weighted by Crippen LogP contribution is 2.37. The minimum atomic E-state index is 0.602. The molecule has 0 amide bonds. The molecule has 3 aliphatic rings. The predicted molar refractivity (Wildman–Crippen MR) is 108 cm³/mol. The normalized spacial score (nSPS) is 27.5. The Labute approximate surface area is 155 Å². The van der Waals surface area contributed by atoms with Gasteiger partial charge in [-0.15, -0.1) is 0 Å². The summed E-state index contributed by atoms with van der Waals surface area (Å²) in [7, 11) is 0. The van der Waals surface area contributed by atoms with Gasteiger partial charge in [-0.25, -0.2) is 0 Å². The molecule has 0 saturated carbocycles. The van der Waals surface area contributed by atoms with Gasteiger partial charge >= 0.3 is 0 Å². The first-order valence-corrected chi connectivity index (χ1v) is 10.2. The Morgan fingerprint density at radius 2 is 1.16 bits per heavy atom. The Hall–Kier alpha value is -1.44. The second kappa shape index (κ2) is 7.43. The molecule has 2 nitrogen and oxygen atoms in total. The van der Waals surface area contributed by atoms with Crippen LogP contribution in [0.15, 0.2) is 46.8 Å². The highest BCUT2D eigenvalue weighted by molar-refractivity contribution is 5.35. The lowest BCUT2D eigenvalue weighted by molar-refractivity contribution is 0.277. The molecule has 1 saturated heterocycles. The van der Waals surface area contributed by atoms with E-state index < -0.39 is 0 Å². The zero-order chi connectivity index (χ0) is 18.1. The number of hydrogen-bond donors (Lipinski definition) is 0. The molecule has 138 valence electrons. The fraction of sp³-hybridized carbons (Fsp3) is 0.652. The van der Waals surface area contributed by atoms with E-state index >= 15 is 0 Å². The summed E-state index contributed by atoms with van der Waals surface area (Å²) >= 11 is 0. The van der Waals surface area contributed by atoms with Crippen LogP contribution in [0.5, 0.6) is 0 Å². The predicted octanol–water partition coefficient (Wildman–Crippen LogP) is 5.57. The number of allylic oxidation sites excluding steroid dienone is 8. The third-order valence-corrected chi connectivity index (χ3v) is 6.01. The van der Waals surface area contributed by atoms with Crippen LogP contribution in [-0.4, -0.2) is 29.6 Å². The lowest BCUT2D eigenvalue weighted by Crippen LogP contribution is -2.32. The van der Waals surface area contributed by atoms with Crippen LogP contribution in [0.1, 0.15) is 54.4 Å². The third kappa shape index (κ3) is 3.59. The summed E-state index contributed by atoms with van der Waals surface area (Å²) in [5.74, 6) is 2.49. The Bertz CT molecular complexity index is 564. The molecule has 0 unspecified atom stereocenters. The van der Waals surface area contributed by atoms with E-state index in [0.29, 0.717) is 23.7 Å². The quantitative estimate of drug-likeness (QED) is 0.660. The molecule has 0 aromatic rings. The lowest BCUT2D eigenvalue weighted by Gasteiger charge is -2.35. The smallest absolute Gasteiger partial charge is 0.0899 e. The molecule has 1 heterocycles. The maximum absolute atomic E-state index is 2.67. The van der Waals surface area contributed by atoms with Crippen molar-refractivity contribution in [1.29, 1.82) is 0 Å². The molecule has 1 fully saturated rings. The average molecular weight is 341 g/mol. The van der Waals surface area contributed by atoms with Crippen LogP contribution in [-0.2, 0) is 0 Å². The molecule has 0 N–H and O–H groups in total. The molecule has 0 radical (unpaired) electrons. The summed E-state index contributed by atoms with van der Waals surface area (Å²) in [6.45, 7) is 17.5. The van der Waals surface area contributed by atoms with Crippen molar-refractivity contribution in [3.8, 4) is 0 Å². The summed E-state index contributed by atoms with van der Waals surface area (Å²) in [6, 6.07) is 0. The van der Waals surface area contributed by atoms with Gasteiger partial charge in [0.15, 0.2) is 0 Å². The summed E-state index contributed by atoms with van der Waals surface area (Å²) in [5.41, 5.74) is 6.31. The SMILES string of the molecule is CC(C)C1=C(N2CCN(C3=C(C(C)C)C=CC[C@@H]3C)C2)[C@H](C)CC=C1. The van der Waals surface area contributed by atoms with Crippen LogP contribution in [0.3, 0.4) is 0 Å². The third-order valence-electron chi connectivity index (χ3n) is 6.01. The van der Waals surface area contributed by atoms with Crippen molar-refractivity contribution >= 4 is 0 Å². The van der Waals surface area contributed by atoms with Crippen molar-refractivity contribution < 1.29 is 0 Å². The van der Waals surface area contributed by atoms with Gasteiger partial charge in [0.2, 0.25) is 0 Å². The summed E-state index contributed by atoms with van der Waals surface area (Å²) in [6.07, 6.45) is 11.9. The fourth-order valence-electron chi connectivity index (χ4n) is 4.71. The van der Waals surface area contributed by atoms with E-state index in [-0.39, 0.29) is 0 Å². The first-order valence-electron chi connectivity index (χ1n) is 10.2. The van der Waals surface area contributed by atoms with Gasteiger partial charge in [-0.05, 0) is 47.7 Å². The van der Waals surface area contributed by atoms with Crippen molar-refractivity contribution in [3.05, 3.63) is 46.8 Å². The molecule has 2 aliphatic carbocycles. The van der Waals surface area contributed by atoms with Gasteiger partial charge in [-0.2, -0.15) is 0 Å². The maximum Gasteiger partial charge on any atom is 0.0899 e. The number of nitrogens with zero attached hydrogens (tertiary/aromatic N) is 2. The van der Waals surface area contributed by atoms with E-state index in [4.69, 9.17) is 0 Å². The van der Waals surface area contributed by atoms with Crippen LogP contribution in [0.2, 0.25) is 0 Å². The Morgan fingerprint density at radius 3 is 1.52 bits per heavy atom. The van der Waals surface area contributed by atoms with Gasteiger partial charge in [-0.1, -0.05) is 65.8 Å². The Balaban J connectivity index is 1.88. The topological polar surface area (TPSA) is 6.48 Å². The molecule has 2 heteroatoms. The van der Waals surface area contributed by atoms with E-state index in [9.17, 15) is 0 Å². The van der Waals surface area contributed by atoms with E-state index in [1.165, 1.54) is 12.8 Å². The van der Waals surface area contributed by atoms with Crippen molar-refractivity contribution in [2.75, 3.05) is 19.8 Å². The molecule has 2 atom stereocenters. The van der Waals surface area contributed by atoms with Gasteiger partial charge in [0.1, 0.15) is 0 Å². The zero-order valence-corrected chi connectivity index (χ0v) is 17.0. The molecular formula is C23H36N2. The fourth-order valence-corrected chi connectivity index (χ4v) is 4.71. The Kier molecular flexibility index (Phi) is 5.46. The van der Waals surface area contributed by atoms with Crippen LogP contribution in [0, 0.1) is 23.7 Å². The van der Waals surface area contributed by atoms with Crippen molar-refractivity contribution in [2.24, 2.45) is 23.7 Å². The van der Waals surface area contributed by atoms with E-state index in [1.54, 1.807) is 22.5 Å². The van der Waals surface area contributed by atoms with Crippen LogP contribution < -0.4 is 0 Å². The van der Waals surface area contributed by atoms with Gasteiger partial charge < -0.3 is 9.80 Å². The summed E-state index contributed by atoms with van der Waals surface area (Å²) < 4.78 is 0. The molecular weight excluding hydrogens is 304 g/mol. The number of hydrogen-bond acceptors (Lipinski definition) is 2. The van der Waals surface area contributed by atoms with Gasteiger partial charge in [0.05, 0.1) is 6.67 Å². The molecule has 3 rings (SSSR count). The van der Waals surface area contributed by atoms with Crippen LogP contribution in [0.25, 0.3) is 0 Å². The highest BCUT2D eigenvalue weighted by atomic mass is 15.4. The van der Waals surface area contributed by atoms with E-state index in [1.807, 2.05) is 0 Å². The molecule has 25 heavy (non-hydrogen) atoms. The first-order chi connectivity index (χ1) is 11.9. The van der Waals surface area contributed by atoms with Gasteiger partial charge in [0, 0.05) is 24.5 Å². The molecule has 0 spiro atoms. The van der Waals surface area contributed by atoms with Crippen LogP contribution in [0.4, 0.5) is 0 Å². The van der Waals surface area contributed by atoms with Crippen molar-refractivity contribution in [1.82, 2.24) is 9.80 Å². The summed E-state index contributed by atoms with van der Waals surface area (Å²) in [5, 5.41) is 0. The maximum atomic E-state index is 2.67. The second-order valence-electron chi connectivity index (χ2n) is 8.74. The summed E-state index contributed by atoms with van der Waals surface area (Å²) in [4.78, 5) is 5.33. The van der Waals surface area contributed by atoms with Gasteiger partial charge in [-0.3, -0.25) is 0 Å². The van der Waals surface area contributed by atoms with Crippen molar-refractivity contribution in [3.63, 3.8) is 0 Å². The molecule has 1 aliphatic heterocycles. The molecule has 0 aromatic carbocycles. The molecule has 0 bridgehead atoms. The number of rotatable bonds is 4. The minimum Gasteiger partial charge on any atom is -0.355 e. The van der Waals surface area contributed by atoms with Crippen LogP contribution >= 0.6 is 0 Å². The monoisotopic (exact) mass is 340 g/mol. The standard InChI is InChI=1S/C23H36N2/c1-16(2)20-11-7-9-18(5)22(20)24-13-14-25(15-24)23-19(6)10-8-12-21(23)17(3)4/h7-8,11-12,16-19H,9-10,13-15H2,1-6H3/t18-,19+. The zero-order valence-electron chi connectivity index (χ0n) is 17.0. The largest absolute Gasteiger partial charge is 0.355 e. The second-order valence-corrected chi connectivity index (χ2v) is 8.74.